The Bertz CT molecular complexity index is 840. The topological polar surface area (TPSA) is 43.9 Å². The highest BCUT2D eigenvalue weighted by molar-refractivity contribution is 5.88. The Morgan fingerprint density at radius 3 is 2.28 bits per heavy atom. The molecule has 0 radical (unpaired) electrons. The van der Waals surface area contributed by atoms with E-state index in [4.69, 9.17) is 0 Å². The smallest absolute Gasteiger partial charge is 0.244 e. The van der Waals surface area contributed by atoms with E-state index in [1.165, 1.54) is 11.1 Å². The summed E-state index contributed by atoms with van der Waals surface area (Å²) in [6, 6.07) is 21.0. The van der Waals surface area contributed by atoms with Crippen LogP contribution in [0.2, 0.25) is 0 Å². The molecule has 29 heavy (non-hydrogen) atoms. The number of carbonyl (C=O) groups is 2. The summed E-state index contributed by atoms with van der Waals surface area (Å²) in [7, 11) is 0. The van der Waals surface area contributed by atoms with Crippen LogP contribution in [0.15, 0.2) is 60.7 Å². The Morgan fingerprint density at radius 2 is 1.62 bits per heavy atom. The van der Waals surface area contributed by atoms with Crippen LogP contribution in [-0.2, 0) is 22.4 Å². The summed E-state index contributed by atoms with van der Waals surface area (Å²) in [5, 5.41) is 0. The molecule has 4 rings (SSSR count). The van der Waals surface area contributed by atoms with Crippen LogP contribution < -0.4 is 0 Å². The van der Waals surface area contributed by atoms with Gasteiger partial charge in [-0.3, -0.25) is 14.5 Å². The fourth-order valence-corrected chi connectivity index (χ4v) is 4.68. The molecule has 0 spiro atoms. The molecule has 0 bridgehead atoms. The minimum absolute atomic E-state index is 0.0181. The molecule has 2 unspecified atom stereocenters. The minimum Gasteiger partial charge on any atom is -0.315 e. The van der Waals surface area contributed by atoms with Gasteiger partial charge in [0, 0.05) is 20.0 Å². The van der Waals surface area contributed by atoms with Crippen molar-refractivity contribution in [2.75, 3.05) is 26.2 Å². The summed E-state index contributed by atoms with van der Waals surface area (Å²) < 4.78 is 0. The monoisotopic (exact) mass is 391 g/mol. The van der Waals surface area contributed by atoms with Crippen molar-refractivity contribution < 1.29 is 9.59 Å². The third-order valence-corrected chi connectivity index (χ3v) is 6.06. The Balaban J connectivity index is 1.47. The summed E-state index contributed by atoms with van der Waals surface area (Å²) in [4.78, 5) is 31.0. The Morgan fingerprint density at radius 1 is 0.966 bits per heavy atom. The molecule has 5 heteroatoms. The molecule has 2 fully saturated rings. The first-order valence-electron chi connectivity index (χ1n) is 10.5. The van der Waals surface area contributed by atoms with E-state index < -0.39 is 0 Å². The van der Waals surface area contributed by atoms with Crippen molar-refractivity contribution >= 4 is 11.8 Å². The fourth-order valence-electron chi connectivity index (χ4n) is 4.68. The number of hydrogen-bond acceptors (Lipinski definition) is 3. The number of rotatable bonds is 6. The lowest BCUT2D eigenvalue weighted by atomic mass is 10.0. The molecule has 2 aliphatic rings. The van der Waals surface area contributed by atoms with E-state index in [0.717, 1.165) is 38.9 Å². The van der Waals surface area contributed by atoms with E-state index in [0.29, 0.717) is 0 Å². The minimum atomic E-state index is -0.140. The molecule has 5 nitrogen and oxygen atoms in total. The molecule has 2 heterocycles. The molecule has 0 aromatic heterocycles. The molecule has 2 amide bonds. The van der Waals surface area contributed by atoms with Crippen LogP contribution in [0.1, 0.15) is 24.5 Å². The maximum absolute atomic E-state index is 12.7. The second-order valence-electron chi connectivity index (χ2n) is 8.12. The number of amides is 2. The van der Waals surface area contributed by atoms with Crippen LogP contribution in [0.5, 0.6) is 0 Å². The molecule has 2 saturated heterocycles. The Hall–Kier alpha value is -2.66. The first kappa shape index (κ1) is 19.6. The highest BCUT2D eigenvalue weighted by atomic mass is 16.2. The molecule has 2 aromatic rings. The molecule has 2 atom stereocenters. The Kier molecular flexibility index (Phi) is 5.95. The lowest BCUT2D eigenvalue weighted by Crippen LogP contribution is -2.61. The van der Waals surface area contributed by atoms with E-state index in [9.17, 15) is 9.59 Å². The van der Waals surface area contributed by atoms with E-state index in [1.807, 2.05) is 29.2 Å². The number of fused-ring (bicyclic) bond motifs is 1. The number of hydrogen-bond donors (Lipinski definition) is 0. The number of aryl methyl sites for hydroxylation is 1. The van der Waals surface area contributed by atoms with Crippen LogP contribution in [0.3, 0.4) is 0 Å². The van der Waals surface area contributed by atoms with Crippen molar-refractivity contribution in [1.29, 1.82) is 0 Å². The second-order valence-corrected chi connectivity index (χ2v) is 8.12. The second kappa shape index (κ2) is 8.78. The third-order valence-electron chi connectivity index (χ3n) is 6.06. The molecule has 2 aromatic carbocycles. The fraction of sp³-hybridized carbons (Fsp3) is 0.417. The van der Waals surface area contributed by atoms with Crippen LogP contribution in [0.25, 0.3) is 0 Å². The van der Waals surface area contributed by atoms with Crippen molar-refractivity contribution in [2.45, 2.75) is 38.4 Å². The van der Waals surface area contributed by atoms with Gasteiger partial charge in [0.15, 0.2) is 0 Å². The summed E-state index contributed by atoms with van der Waals surface area (Å²) in [5.41, 5.74) is 2.59. The van der Waals surface area contributed by atoms with Gasteiger partial charge >= 0.3 is 0 Å². The Labute approximate surface area is 172 Å². The first-order valence-corrected chi connectivity index (χ1v) is 10.5. The average Bonchev–Trinajstić information content (AvgIpc) is 3.07. The maximum Gasteiger partial charge on any atom is 0.244 e. The predicted molar refractivity (Wildman–Crippen MR) is 113 cm³/mol. The highest BCUT2D eigenvalue weighted by Gasteiger charge is 2.46. The molecule has 0 saturated carbocycles. The standard InChI is InChI=1S/C24H29N3O2/c1-19(28)26-18-24(29)27-22(15-21-11-6-3-7-12-21)16-25(17-23(26)27)14-8-13-20-9-4-2-5-10-20/h2-7,9-12,22-23H,8,13-18H2,1H3. The van der Waals surface area contributed by atoms with Gasteiger partial charge in [-0.15, -0.1) is 0 Å². The van der Waals surface area contributed by atoms with Crippen molar-refractivity contribution in [3.05, 3.63) is 71.8 Å². The zero-order chi connectivity index (χ0) is 20.2. The van der Waals surface area contributed by atoms with E-state index in [2.05, 4.69) is 41.3 Å². The summed E-state index contributed by atoms with van der Waals surface area (Å²) in [6.07, 6.45) is 2.80. The van der Waals surface area contributed by atoms with Crippen LogP contribution in [0, 0.1) is 0 Å². The lowest BCUT2D eigenvalue weighted by molar-refractivity contribution is -0.136. The van der Waals surface area contributed by atoms with Crippen LogP contribution >= 0.6 is 0 Å². The van der Waals surface area contributed by atoms with Gasteiger partial charge in [0.1, 0.15) is 12.7 Å². The number of piperazine rings is 1. The number of benzene rings is 2. The molecule has 0 N–H and O–H groups in total. The van der Waals surface area contributed by atoms with Crippen molar-refractivity contribution in [3.8, 4) is 0 Å². The first-order chi connectivity index (χ1) is 14.1. The lowest BCUT2D eigenvalue weighted by Gasteiger charge is -2.45. The number of nitrogens with zero attached hydrogens (tertiary/aromatic N) is 3. The van der Waals surface area contributed by atoms with Gasteiger partial charge in [-0.25, -0.2) is 0 Å². The molecular weight excluding hydrogens is 362 g/mol. The van der Waals surface area contributed by atoms with Crippen molar-refractivity contribution in [1.82, 2.24) is 14.7 Å². The van der Waals surface area contributed by atoms with Gasteiger partial charge in [0.25, 0.3) is 0 Å². The summed E-state index contributed by atoms with van der Waals surface area (Å²) >= 11 is 0. The largest absolute Gasteiger partial charge is 0.315 e. The quantitative estimate of drug-likeness (QED) is 0.760. The van der Waals surface area contributed by atoms with Crippen molar-refractivity contribution in [3.63, 3.8) is 0 Å². The zero-order valence-corrected chi connectivity index (χ0v) is 17.0. The van der Waals surface area contributed by atoms with E-state index in [-0.39, 0.29) is 30.6 Å². The van der Waals surface area contributed by atoms with E-state index in [1.54, 1.807) is 11.8 Å². The van der Waals surface area contributed by atoms with Gasteiger partial charge < -0.3 is 9.80 Å². The highest BCUT2D eigenvalue weighted by Crippen LogP contribution is 2.27. The van der Waals surface area contributed by atoms with Gasteiger partial charge in [0.05, 0.1) is 6.04 Å². The van der Waals surface area contributed by atoms with Gasteiger partial charge in [-0.1, -0.05) is 60.7 Å². The average molecular weight is 392 g/mol. The molecular formula is C24H29N3O2. The van der Waals surface area contributed by atoms with Crippen LogP contribution in [0.4, 0.5) is 0 Å². The summed E-state index contributed by atoms with van der Waals surface area (Å²) in [5.74, 6) is 0.0607. The third kappa shape index (κ3) is 4.51. The molecule has 2 aliphatic heterocycles. The maximum atomic E-state index is 12.7. The van der Waals surface area contributed by atoms with Crippen molar-refractivity contribution in [2.24, 2.45) is 0 Å². The number of carbonyl (C=O) groups excluding carboxylic acids is 2. The van der Waals surface area contributed by atoms with Gasteiger partial charge in [-0.2, -0.15) is 0 Å². The normalized spacial score (nSPS) is 22.0. The SMILES string of the molecule is CC(=O)N1CC(=O)N2C(Cc3ccccc3)CN(CCCc3ccccc3)CC12. The zero-order valence-electron chi connectivity index (χ0n) is 17.0. The van der Waals surface area contributed by atoms with Gasteiger partial charge in [0.2, 0.25) is 11.8 Å². The summed E-state index contributed by atoms with van der Waals surface area (Å²) in [6.45, 7) is 4.36. The van der Waals surface area contributed by atoms with E-state index >= 15 is 0 Å². The molecule has 152 valence electrons. The molecule has 0 aliphatic carbocycles. The van der Waals surface area contributed by atoms with Gasteiger partial charge in [-0.05, 0) is 36.9 Å². The van der Waals surface area contributed by atoms with Crippen LogP contribution in [-0.4, -0.2) is 64.9 Å². The predicted octanol–water partition coefficient (Wildman–Crippen LogP) is 2.56.